The van der Waals surface area contributed by atoms with E-state index in [1.54, 1.807) is 0 Å². The van der Waals surface area contributed by atoms with Gasteiger partial charge in [-0.1, -0.05) is 0 Å². The normalized spacial score (nSPS) is 19.7. The summed E-state index contributed by atoms with van der Waals surface area (Å²) in [4.78, 5) is 0. The fraction of sp³-hybridized carbons (Fsp3) is 1.00. The Balaban J connectivity index is 5.05. The zero-order chi connectivity index (χ0) is 15.4. The van der Waals surface area contributed by atoms with Crippen LogP contribution in [0.4, 0.5) is 0 Å². The minimum absolute atomic E-state index is 0.841. The van der Waals surface area contributed by atoms with Gasteiger partial charge in [0.15, 0.2) is 0 Å². The maximum Gasteiger partial charge on any atom is 0.297 e. The largest absolute Gasteiger partial charge is 0.394 e. The second-order valence-electron chi connectivity index (χ2n) is 3.27. The predicted octanol–water partition coefficient (Wildman–Crippen LogP) is -3.25. The molecule has 0 aliphatic rings. The lowest BCUT2D eigenvalue weighted by Gasteiger charge is -2.26. The molecule has 0 rings (SSSR count). The average molecular weight is 326 g/mol. The maximum atomic E-state index is 10.6. The van der Waals surface area contributed by atoms with Gasteiger partial charge in [0.05, 0.1) is 6.61 Å². The first-order valence-corrected chi connectivity index (χ1v) is 7.53. The quantitative estimate of drug-likeness (QED) is 0.222. The molecule has 0 saturated carbocycles. The molecule has 0 heterocycles. The third-order valence-corrected chi connectivity index (χ3v) is 3.63. The van der Waals surface area contributed by atoms with Crippen LogP contribution in [-0.4, -0.2) is 78.2 Å². The number of methoxy groups -OCH3 is 1. The average Bonchev–Trinajstić information content (AvgIpc) is 2.26. The zero-order valence-electron chi connectivity index (χ0n) is 9.52. The van der Waals surface area contributed by atoms with E-state index in [4.69, 9.17) is 24.4 Å². The summed E-state index contributed by atoms with van der Waals surface area (Å²) in [6, 6.07) is 0. The third kappa shape index (κ3) is 5.64. The molecule has 0 amide bonds. The highest BCUT2D eigenvalue weighted by molar-refractivity contribution is 7.86. The van der Waals surface area contributed by atoms with Gasteiger partial charge in [0.25, 0.3) is 20.2 Å². The van der Waals surface area contributed by atoms with Crippen LogP contribution in [0, 0.1) is 0 Å². The van der Waals surface area contributed by atoms with Crippen LogP contribution in [0.2, 0.25) is 0 Å². The van der Waals surface area contributed by atoms with Gasteiger partial charge in [-0.3, -0.25) is 9.11 Å². The summed E-state index contributed by atoms with van der Waals surface area (Å²) in [6.45, 7) is -1.15. The molecule has 0 aliphatic carbocycles. The van der Waals surface area contributed by atoms with Crippen LogP contribution in [0.3, 0.4) is 0 Å². The van der Waals surface area contributed by atoms with Crippen molar-refractivity contribution in [1.29, 1.82) is 0 Å². The molecule has 0 aliphatic heterocycles. The Bertz CT molecular complexity index is 423. The topological polar surface area (TPSA) is 188 Å². The highest BCUT2D eigenvalue weighted by Gasteiger charge is 2.38. The first kappa shape index (κ1) is 18.6. The number of aliphatic hydroxyl groups is 3. The number of ether oxygens (including phenoxy) is 2. The summed E-state index contributed by atoms with van der Waals surface area (Å²) >= 11 is 0. The first-order chi connectivity index (χ1) is 8.45. The molecule has 0 spiro atoms. The van der Waals surface area contributed by atoms with Crippen molar-refractivity contribution in [1.82, 2.24) is 0 Å². The van der Waals surface area contributed by atoms with Crippen molar-refractivity contribution >= 4 is 20.2 Å². The SMILES string of the molecule is CO[C@@H](O[C@@H](CO)[C@@H](O)S(=O)(=O)O)[C@H](O)S(=O)(=O)O. The van der Waals surface area contributed by atoms with Crippen molar-refractivity contribution in [3.05, 3.63) is 0 Å². The van der Waals surface area contributed by atoms with Crippen LogP contribution in [0.5, 0.6) is 0 Å². The second kappa shape index (κ2) is 6.87. The van der Waals surface area contributed by atoms with Gasteiger partial charge in [0.1, 0.15) is 6.10 Å². The summed E-state index contributed by atoms with van der Waals surface area (Å²) < 4.78 is 68.3. The van der Waals surface area contributed by atoms with E-state index >= 15 is 0 Å². The van der Waals surface area contributed by atoms with Gasteiger partial charge in [-0.05, 0) is 0 Å². The molecule has 0 aromatic carbocycles. The van der Waals surface area contributed by atoms with E-state index in [0.717, 1.165) is 7.11 Å². The molecule has 116 valence electrons. The lowest BCUT2D eigenvalue weighted by Crippen LogP contribution is -2.46. The van der Waals surface area contributed by atoms with Crippen LogP contribution in [-0.2, 0) is 29.7 Å². The molecule has 5 N–H and O–H groups in total. The van der Waals surface area contributed by atoms with Crippen molar-refractivity contribution < 1.29 is 50.7 Å². The lowest BCUT2D eigenvalue weighted by molar-refractivity contribution is -0.204. The van der Waals surface area contributed by atoms with Crippen molar-refractivity contribution in [2.45, 2.75) is 23.3 Å². The first-order valence-electron chi connectivity index (χ1n) is 4.53. The van der Waals surface area contributed by atoms with E-state index < -0.39 is 50.1 Å². The second-order valence-corrected chi connectivity index (χ2v) is 6.30. The predicted molar refractivity (Wildman–Crippen MR) is 57.9 cm³/mol. The molecule has 0 saturated heterocycles. The highest BCUT2D eigenvalue weighted by Crippen LogP contribution is 2.13. The lowest BCUT2D eigenvalue weighted by atomic mass is 10.4. The Morgan fingerprint density at radius 1 is 1.00 bits per heavy atom. The molecule has 0 aromatic rings. The molecule has 4 atom stereocenters. The number of aliphatic hydroxyl groups excluding tert-OH is 3. The highest BCUT2D eigenvalue weighted by atomic mass is 32.2. The van der Waals surface area contributed by atoms with E-state index in [2.05, 4.69) is 9.47 Å². The Hall–Kier alpha value is -0.380. The fourth-order valence-electron chi connectivity index (χ4n) is 0.944. The van der Waals surface area contributed by atoms with Crippen molar-refractivity contribution in [3.8, 4) is 0 Å². The van der Waals surface area contributed by atoms with Crippen LogP contribution >= 0.6 is 0 Å². The van der Waals surface area contributed by atoms with Gasteiger partial charge < -0.3 is 24.8 Å². The molecular formula is C6H14O11S2. The molecular weight excluding hydrogens is 312 g/mol. The minimum Gasteiger partial charge on any atom is -0.394 e. The van der Waals surface area contributed by atoms with Gasteiger partial charge in [0, 0.05) is 7.11 Å². The molecule has 0 unspecified atom stereocenters. The third-order valence-electron chi connectivity index (χ3n) is 1.88. The van der Waals surface area contributed by atoms with E-state index in [1.807, 2.05) is 0 Å². The molecule has 0 aromatic heterocycles. The molecule has 13 heteroatoms. The monoisotopic (exact) mass is 326 g/mol. The van der Waals surface area contributed by atoms with Crippen LogP contribution in [0.25, 0.3) is 0 Å². The Kier molecular flexibility index (Phi) is 6.73. The van der Waals surface area contributed by atoms with Gasteiger partial charge >= 0.3 is 0 Å². The van der Waals surface area contributed by atoms with Gasteiger partial charge in [-0.25, -0.2) is 0 Å². The smallest absolute Gasteiger partial charge is 0.297 e. The Morgan fingerprint density at radius 2 is 1.42 bits per heavy atom. The van der Waals surface area contributed by atoms with Gasteiger partial charge in [-0.15, -0.1) is 0 Å². The molecule has 0 radical (unpaired) electrons. The molecule has 0 bridgehead atoms. The van der Waals surface area contributed by atoms with Crippen molar-refractivity contribution in [3.63, 3.8) is 0 Å². The number of hydrogen-bond acceptors (Lipinski definition) is 9. The summed E-state index contributed by atoms with van der Waals surface area (Å²) in [5, 5.41) is 27.0. The van der Waals surface area contributed by atoms with Crippen molar-refractivity contribution in [2.75, 3.05) is 13.7 Å². The van der Waals surface area contributed by atoms with Crippen molar-refractivity contribution in [2.24, 2.45) is 0 Å². The van der Waals surface area contributed by atoms with E-state index in [1.165, 1.54) is 0 Å². The summed E-state index contributed by atoms with van der Waals surface area (Å²) in [7, 11) is -9.17. The zero-order valence-corrected chi connectivity index (χ0v) is 11.2. The Morgan fingerprint density at radius 3 is 1.68 bits per heavy atom. The van der Waals surface area contributed by atoms with Crippen LogP contribution < -0.4 is 0 Å². The van der Waals surface area contributed by atoms with E-state index in [9.17, 15) is 16.8 Å². The summed E-state index contributed by atoms with van der Waals surface area (Å²) in [5.41, 5.74) is -5.22. The van der Waals surface area contributed by atoms with Crippen LogP contribution in [0.15, 0.2) is 0 Å². The summed E-state index contributed by atoms with van der Waals surface area (Å²) in [6.07, 6.45) is -4.13. The fourth-order valence-corrected chi connectivity index (χ4v) is 1.93. The van der Waals surface area contributed by atoms with E-state index in [0.29, 0.717) is 0 Å². The maximum absolute atomic E-state index is 10.6. The minimum atomic E-state index is -5.01. The molecule has 11 nitrogen and oxygen atoms in total. The van der Waals surface area contributed by atoms with Gasteiger partial charge in [-0.2, -0.15) is 16.8 Å². The number of hydrogen-bond donors (Lipinski definition) is 5. The van der Waals surface area contributed by atoms with Gasteiger partial charge in [0.2, 0.25) is 17.2 Å². The number of rotatable bonds is 8. The molecule has 0 fully saturated rings. The van der Waals surface area contributed by atoms with Crippen LogP contribution in [0.1, 0.15) is 0 Å². The van der Waals surface area contributed by atoms with E-state index in [-0.39, 0.29) is 0 Å². The Labute approximate surface area is 108 Å². The summed E-state index contributed by atoms with van der Waals surface area (Å²) in [5.74, 6) is 0. The molecule has 19 heavy (non-hydrogen) atoms. The standard InChI is InChI=1S/C6H14O11S2/c1-16-6(5(9)19(13,14)15)17-3(2-7)4(8)18(10,11)12/h3-9H,2H2,1H3,(H,10,11,12)(H,13,14,15)/t3-,4-,5+,6-/m0/s1.